The van der Waals surface area contributed by atoms with Crippen LogP contribution in [-0.4, -0.2) is 26.6 Å². The lowest BCUT2D eigenvalue weighted by Gasteiger charge is -2.07. The van der Waals surface area contributed by atoms with Gasteiger partial charge >= 0.3 is 5.97 Å². The Hall–Kier alpha value is -1.93. The number of nitrogens with zero attached hydrogens (tertiary/aromatic N) is 2. The molecule has 0 saturated heterocycles. The predicted molar refractivity (Wildman–Crippen MR) is 81.3 cm³/mol. The van der Waals surface area contributed by atoms with Crippen molar-refractivity contribution < 1.29 is 14.8 Å². The number of nitro benzene ring substituents is 1. The fourth-order valence-corrected chi connectivity index (χ4v) is 2.85. The van der Waals surface area contributed by atoms with Gasteiger partial charge < -0.3 is 15.4 Å². The van der Waals surface area contributed by atoms with Crippen LogP contribution in [0.1, 0.15) is 11.3 Å². The molecular weight excluding hydrogens is 342 g/mol. The van der Waals surface area contributed by atoms with Crippen molar-refractivity contribution >= 4 is 38.5 Å². The standard InChI is InChI=1S/C13H14BrN3O4/c1-6-8(5-9(15)13(18)19)12-10(16(6)2)3-7(14)4-11(12)17(20)21/h3-4,9H,5,15H2,1-2H3,(H,18,19). The Bertz CT molecular complexity index is 754. The Balaban J connectivity index is 2.78. The number of aliphatic carboxylic acids is 1. The number of carbonyl (C=O) groups is 1. The molecule has 7 nitrogen and oxygen atoms in total. The number of carboxylic acids is 1. The Morgan fingerprint density at radius 2 is 2.19 bits per heavy atom. The minimum atomic E-state index is -1.13. The van der Waals surface area contributed by atoms with Gasteiger partial charge in [-0.15, -0.1) is 0 Å². The number of benzene rings is 1. The molecule has 0 aliphatic rings. The molecule has 0 aliphatic heterocycles. The molecule has 1 aromatic carbocycles. The van der Waals surface area contributed by atoms with Crippen molar-refractivity contribution in [1.29, 1.82) is 0 Å². The summed E-state index contributed by atoms with van der Waals surface area (Å²) < 4.78 is 2.40. The molecule has 3 N–H and O–H groups in total. The summed E-state index contributed by atoms with van der Waals surface area (Å²) in [5.41, 5.74) is 7.56. The van der Waals surface area contributed by atoms with Crippen LogP contribution in [0.5, 0.6) is 0 Å². The molecule has 1 atom stereocenters. The smallest absolute Gasteiger partial charge is 0.320 e. The van der Waals surface area contributed by atoms with Crippen LogP contribution in [0.15, 0.2) is 16.6 Å². The maximum absolute atomic E-state index is 11.3. The summed E-state index contributed by atoms with van der Waals surface area (Å²) in [6, 6.07) is 2.08. The highest BCUT2D eigenvalue weighted by Crippen LogP contribution is 2.36. The first-order valence-electron chi connectivity index (χ1n) is 6.14. The van der Waals surface area contributed by atoms with Gasteiger partial charge in [0.15, 0.2) is 0 Å². The third-order valence-corrected chi connectivity index (χ3v) is 4.06. The number of aryl methyl sites for hydroxylation is 1. The molecular formula is C13H14BrN3O4. The Labute approximate surface area is 128 Å². The number of non-ortho nitro benzene ring substituents is 1. The fraction of sp³-hybridized carbons (Fsp3) is 0.308. The zero-order chi connectivity index (χ0) is 15.9. The third kappa shape index (κ3) is 2.64. The van der Waals surface area contributed by atoms with E-state index in [1.165, 1.54) is 6.07 Å². The molecule has 0 bridgehead atoms. The first kappa shape index (κ1) is 15.5. The summed E-state index contributed by atoms with van der Waals surface area (Å²) in [7, 11) is 1.78. The number of rotatable bonds is 4. The molecule has 21 heavy (non-hydrogen) atoms. The molecule has 1 heterocycles. The van der Waals surface area contributed by atoms with Gasteiger partial charge in [0, 0.05) is 29.7 Å². The Kier molecular flexibility index (Phi) is 4.02. The van der Waals surface area contributed by atoms with Crippen LogP contribution in [0.2, 0.25) is 0 Å². The molecule has 112 valence electrons. The van der Waals surface area contributed by atoms with Gasteiger partial charge in [0.2, 0.25) is 0 Å². The van der Waals surface area contributed by atoms with E-state index in [2.05, 4.69) is 15.9 Å². The molecule has 1 unspecified atom stereocenters. The van der Waals surface area contributed by atoms with Crippen molar-refractivity contribution in [3.63, 3.8) is 0 Å². The maximum Gasteiger partial charge on any atom is 0.320 e. The fourth-order valence-electron chi connectivity index (χ4n) is 2.42. The van der Waals surface area contributed by atoms with E-state index < -0.39 is 16.9 Å². The first-order chi connectivity index (χ1) is 9.73. The van der Waals surface area contributed by atoms with E-state index >= 15 is 0 Å². The zero-order valence-corrected chi connectivity index (χ0v) is 13.0. The van der Waals surface area contributed by atoms with Gasteiger partial charge in [-0.2, -0.15) is 0 Å². The van der Waals surface area contributed by atoms with E-state index in [1.807, 2.05) is 0 Å². The summed E-state index contributed by atoms with van der Waals surface area (Å²) in [6.45, 7) is 1.79. The summed E-state index contributed by atoms with van der Waals surface area (Å²) in [4.78, 5) is 21.8. The second kappa shape index (κ2) is 5.45. The number of fused-ring (bicyclic) bond motifs is 1. The van der Waals surface area contributed by atoms with Gasteiger partial charge in [0.05, 0.1) is 15.8 Å². The second-order valence-electron chi connectivity index (χ2n) is 4.85. The van der Waals surface area contributed by atoms with Crippen molar-refractivity contribution in [2.24, 2.45) is 12.8 Å². The van der Waals surface area contributed by atoms with Gasteiger partial charge in [-0.3, -0.25) is 14.9 Å². The van der Waals surface area contributed by atoms with Crippen LogP contribution in [0, 0.1) is 17.0 Å². The summed E-state index contributed by atoms with van der Waals surface area (Å²) >= 11 is 3.26. The monoisotopic (exact) mass is 355 g/mol. The van der Waals surface area contributed by atoms with Crippen LogP contribution >= 0.6 is 15.9 Å². The highest BCUT2D eigenvalue weighted by atomic mass is 79.9. The molecule has 0 radical (unpaired) electrons. The largest absolute Gasteiger partial charge is 0.480 e. The lowest BCUT2D eigenvalue weighted by Crippen LogP contribution is -2.32. The van der Waals surface area contributed by atoms with Gasteiger partial charge in [-0.1, -0.05) is 15.9 Å². The zero-order valence-electron chi connectivity index (χ0n) is 11.5. The normalized spacial score (nSPS) is 12.6. The number of carboxylic acid groups (broad SMARTS) is 1. The average molecular weight is 356 g/mol. The van der Waals surface area contributed by atoms with Gasteiger partial charge in [0.25, 0.3) is 5.69 Å². The molecule has 0 spiro atoms. The van der Waals surface area contributed by atoms with E-state index in [1.54, 1.807) is 24.6 Å². The second-order valence-corrected chi connectivity index (χ2v) is 5.76. The van der Waals surface area contributed by atoms with Crippen molar-refractivity contribution in [1.82, 2.24) is 4.57 Å². The highest BCUT2D eigenvalue weighted by molar-refractivity contribution is 9.10. The van der Waals surface area contributed by atoms with Crippen molar-refractivity contribution in [3.8, 4) is 0 Å². The minimum absolute atomic E-state index is 0.0426. The average Bonchev–Trinajstić information content (AvgIpc) is 2.63. The van der Waals surface area contributed by atoms with Crippen molar-refractivity contribution in [2.45, 2.75) is 19.4 Å². The SMILES string of the molecule is Cc1c(CC(N)C(=O)O)c2c([N+](=O)[O-])cc(Br)cc2n1C. The predicted octanol–water partition coefficient (Wildman–Crippen LogP) is 2.11. The van der Waals surface area contributed by atoms with Crippen LogP contribution in [0.3, 0.4) is 0 Å². The summed E-state index contributed by atoms with van der Waals surface area (Å²) in [6.07, 6.45) is 0.0426. The number of halogens is 1. The van der Waals surface area contributed by atoms with Crippen LogP contribution in [-0.2, 0) is 18.3 Å². The quantitative estimate of drug-likeness (QED) is 0.644. The molecule has 0 aliphatic carbocycles. The molecule has 8 heteroatoms. The van der Waals surface area contributed by atoms with Crippen molar-refractivity contribution in [3.05, 3.63) is 38.0 Å². The lowest BCUT2D eigenvalue weighted by molar-refractivity contribution is -0.383. The van der Waals surface area contributed by atoms with E-state index in [0.29, 0.717) is 20.9 Å². The summed E-state index contributed by atoms with van der Waals surface area (Å²) in [5, 5.41) is 20.7. The van der Waals surface area contributed by atoms with Crippen LogP contribution in [0.4, 0.5) is 5.69 Å². The molecule has 1 aromatic heterocycles. The third-order valence-electron chi connectivity index (χ3n) is 3.60. The maximum atomic E-state index is 11.3. The lowest BCUT2D eigenvalue weighted by atomic mass is 10.0. The van der Waals surface area contributed by atoms with Crippen LogP contribution in [0.25, 0.3) is 10.9 Å². The highest BCUT2D eigenvalue weighted by Gasteiger charge is 2.25. The minimum Gasteiger partial charge on any atom is -0.480 e. The number of hydrogen-bond acceptors (Lipinski definition) is 4. The number of hydrogen-bond donors (Lipinski definition) is 2. The van der Waals surface area contributed by atoms with E-state index in [9.17, 15) is 14.9 Å². The molecule has 2 rings (SSSR count). The van der Waals surface area contributed by atoms with Crippen molar-refractivity contribution in [2.75, 3.05) is 0 Å². The van der Waals surface area contributed by atoms with E-state index in [-0.39, 0.29) is 12.1 Å². The van der Waals surface area contributed by atoms with E-state index in [0.717, 1.165) is 5.69 Å². The van der Waals surface area contributed by atoms with E-state index in [4.69, 9.17) is 10.8 Å². The number of nitro groups is 1. The molecule has 0 saturated carbocycles. The Morgan fingerprint density at radius 3 is 2.71 bits per heavy atom. The topological polar surface area (TPSA) is 111 Å². The molecule has 0 fully saturated rings. The summed E-state index contributed by atoms with van der Waals surface area (Å²) in [5.74, 6) is -1.13. The number of aromatic nitrogens is 1. The van der Waals surface area contributed by atoms with Gasteiger partial charge in [-0.25, -0.2) is 0 Å². The molecule has 2 aromatic rings. The molecule has 0 amide bonds. The van der Waals surface area contributed by atoms with Gasteiger partial charge in [-0.05, 0) is 18.6 Å². The van der Waals surface area contributed by atoms with Gasteiger partial charge in [0.1, 0.15) is 6.04 Å². The number of nitrogens with two attached hydrogens (primary N) is 1. The Morgan fingerprint density at radius 1 is 1.57 bits per heavy atom. The van der Waals surface area contributed by atoms with Crippen LogP contribution < -0.4 is 5.73 Å². The first-order valence-corrected chi connectivity index (χ1v) is 6.93.